The Hall–Kier alpha value is -1.18. The van der Waals surface area contributed by atoms with Crippen molar-refractivity contribution >= 4 is 11.6 Å². The van der Waals surface area contributed by atoms with Gasteiger partial charge in [0.1, 0.15) is 0 Å². The van der Waals surface area contributed by atoms with Gasteiger partial charge in [-0.2, -0.15) is 0 Å². The van der Waals surface area contributed by atoms with Crippen molar-refractivity contribution in [3.8, 4) is 0 Å². The second-order valence-electron chi connectivity index (χ2n) is 2.49. The fourth-order valence-corrected chi connectivity index (χ4v) is 1.36. The van der Waals surface area contributed by atoms with Crippen molar-refractivity contribution in [1.82, 2.24) is 0 Å². The van der Waals surface area contributed by atoms with Crippen molar-refractivity contribution in [3.05, 3.63) is 23.3 Å². The van der Waals surface area contributed by atoms with Gasteiger partial charge in [0.2, 0.25) is 0 Å². The zero-order valence-corrected chi connectivity index (χ0v) is 5.39. The van der Waals surface area contributed by atoms with E-state index in [1.807, 2.05) is 0 Å². The van der Waals surface area contributed by atoms with Gasteiger partial charge in [-0.05, 0) is 0 Å². The Balaban J connectivity index is 2.50. The van der Waals surface area contributed by atoms with E-state index in [0.29, 0.717) is 24.0 Å². The number of carbonyl (C=O) groups excluding carboxylic acids is 2. The molecule has 2 nitrogen and oxygen atoms in total. The lowest BCUT2D eigenvalue weighted by atomic mass is 10.1. The molecule has 0 aromatic heterocycles. The number of Topliss-reactive ketones (excluding diaryl/α,β-unsaturated/α-hetero) is 2. The molecule has 0 radical (unpaired) electrons. The SMILES string of the molecule is O=C1CC=C2C(=O)CC=C12. The van der Waals surface area contributed by atoms with Crippen molar-refractivity contribution < 1.29 is 9.59 Å². The maximum Gasteiger partial charge on any atom is 0.167 e. The molecule has 0 heterocycles. The molecule has 0 spiro atoms. The van der Waals surface area contributed by atoms with Gasteiger partial charge >= 0.3 is 0 Å². The maximum atomic E-state index is 10.9. The minimum absolute atomic E-state index is 0.0980. The Morgan fingerprint density at radius 1 is 0.900 bits per heavy atom. The molecule has 10 heavy (non-hydrogen) atoms. The summed E-state index contributed by atoms with van der Waals surface area (Å²) in [6.45, 7) is 0. The Morgan fingerprint density at radius 2 is 1.30 bits per heavy atom. The third-order valence-corrected chi connectivity index (χ3v) is 1.87. The van der Waals surface area contributed by atoms with Crippen LogP contribution in [0.25, 0.3) is 0 Å². The highest BCUT2D eigenvalue weighted by Crippen LogP contribution is 2.28. The van der Waals surface area contributed by atoms with Crippen LogP contribution in [0.5, 0.6) is 0 Å². The second-order valence-corrected chi connectivity index (χ2v) is 2.49. The highest BCUT2D eigenvalue weighted by Gasteiger charge is 2.28. The van der Waals surface area contributed by atoms with Crippen molar-refractivity contribution in [1.29, 1.82) is 0 Å². The van der Waals surface area contributed by atoms with Crippen LogP contribution in [-0.2, 0) is 9.59 Å². The van der Waals surface area contributed by atoms with Crippen LogP contribution in [0.15, 0.2) is 23.3 Å². The summed E-state index contributed by atoms with van der Waals surface area (Å²) in [4.78, 5) is 21.9. The summed E-state index contributed by atoms with van der Waals surface area (Å²) >= 11 is 0. The average Bonchev–Trinajstić information content (AvgIpc) is 2.41. The number of allylic oxidation sites excluding steroid dienone is 4. The molecule has 0 amide bonds. The summed E-state index contributed by atoms with van der Waals surface area (Å²) in [7, 11) is 0. The molecule has 0 bridgehead atoms. The summed E-state index contributed by atoms with van der Waals surface area (Å²) < 4.78 is 0. The van der Waals surface area contributed by atoms with Gasteiger partial charge in [-0.25, -0.2) is 0 Å². The summed E-state index contributed by atoms with van der Waals surface area (Å²) in [5, 5.41) is 0. The van der Waals surface area contributed by atoms with E-state index in [9.17, 15) is 9.59 Å². The van der Waals surface area contributed by atoms with Crippen molar-refractivity contribution in [2.24, 2.45) is 0 Å². The van der Waals surface area contributed by atoms with Crippen LogP contribution in [0.3, 0.4) is 0 Å². The zero-order chi connectivity index (χ0) is 7.14. The highest BCUT2D eigenvalue weighted by molar-refractivity contribution is 6.19. The number of rotatable bonds is 0. The minimum Gasteiger partial charge on any atom is -0.294 e. The minimum atomic E-state index is 0.0980. The molecule has 2 aliphatic carbocycles. The standard InChI is InChI=1S/C8H6O2/c9-7-3-1-5-6(7)2-4-8(5)10/h1-2H,3-4H2. The first kappa shape index (κ1) is 5.59. The molecule has 2 aliphatic rings. The van der Waals surface area contributed by atoms with Gasteiger partial charge < -0.3 is 0 Å². The lowest BCUT2D eigenvalue weighted by Gasteiger charge is -1.88. The topological polar surface area (TPSA) is 34.1 Å². The van der Waals surface area contributed by atoms with Crippen molar-refractivity contribution in [2.75, 3.05) is 0 Å². The molecule has 2 heteroatoms. The van der Waals surface area contributed by atoms with Crippen LogP contribution in [0.1, 0.15) is 12.8 Å². The molecule has 50 valence electrons. The fraction of sp³-hybridized carbons (Fsp3) is 0.250. The van der Waals surface area contributed by atoms with Crippen LogP contribution in [0.2, 0.25) is 0 Å². The molecule has 0 aromatic rings. The molecule has 0 N–H and O–H groups in total. The summed E-state index contributed by atoms with van der Waals surface area (Å²) in [5.74, 6) is 0.196. The van der Waals surface area contributed by atoms with Crippen LogP contribution in [0.4, 0.5) is 0 Å². The van der Waals surface area contributed by atoms with Crippen LogP contribution in [0, 0.1) is 0 Å². The molecule has 2 rings (SSSR count). The van der Waals surface area contributed by atoms with E-state index in [-0.39, 0.29) is 11.6 Å². The quantitative estimate of drug-likeness (QED) is 0.490. The van der Waals surface area contributed by atoms with Gasteiger partial charge in [-0.15, -0.1) is 0 Å². The van der Waals surface area contributed by atoms with E-state index >= 15 is 0 Å². The molecular weight excluding hydrogens is 128 g/mol. The second kappa shape index (κ2) is 1.66. The molecule has 0 aromatic carbocycles. The molecule has 0 saturated carbocycles. The van der Waals surface area contributed by atoms with E-state index in [1.165, 1.54) is 0 Å². The predicted octanol–water partition coefficient (Wildman–Crippen LogP) is 0.785. The lowest BCUT2D eigenvalue weighted by molar-refractivity contribution is -0.115. The highest BCUT2D eigenvalue weighted by atomic mass is 16.1. The van der Waals surface area contributed by atoms with Gasteiger partial charge in [0.05, 0.1) is 0 Å². The largest absolute Gasteiger partial charge is 0.294 e. The Morgan fingerprint density at radius 3 is 1.70 bits per heavy atom. The van der Waals surface area contributed by atoms with E-state index in [4.69, 9.17) is 0 Å². The van der Waals surface area contributed by atoms with Crippen LogP contribution in [-0.4, -0.2) is 11.6 Å². The van der Waals surface area contributed by atoms with Crippen molar-refractivity contribution in [2.45, 2.75) is 12.8 Å². The Bertz CT molecular complexity index is 252. The number of hydrogen-bond donors (Lipinski definition) is 0. The molecule has 0 aliphatic heterocycles. The maximum absolute atomic E-state index is 10.9. The molecule has 0 unspecified atom stereocenters. The Labute approximate surface area is 58.2 Å². The first-order valence-electron chi connectivity index (χ1n) is 3.26. The molecule has 0 atom stereocenters. The molecular formula is C8H6O2. The zero-order valence-electron chi connectivity index (χ0n) is 5.39. The first-order valence-corrected chi connectivity index (χ1v) is 3.26. The number of ketones is 2. The van der Waals surface area contributed by atoms with Gasteiger partial charge in [0.15, 0.2) is 11.6 Å². The van der Waals surface area contributed by atoms with Crippen molar-refractivity contribution in [3.63, 3.8) is 0 Å². The summed E-state index contributed by atoms with van der Waals surface area (Å²) in [6, 6.07) is 0. The number of fused-ring (bicyclic) bond motifs is 1. The van der Waals surface area contributed by atoms with Gasteiger partial charge in [0, 0.05) is 24.0 Å². The molecule has 0 fully saturated rings. The first-order chi connectivity index (χ1) is 4.79. The van der Waals surface area contributed by atoms with Crippen LogP contribution >= 0.6 is 0 Å². The van der Waals surface area contributed by atoms with E-state index in [0.717, 1.165) is 0 Å². The Kier molecular flexibility index (Phi) is 0.926. The smallest absolute Gasteiger partial charge is 0.167 e. The van der Waals surface area contributed by atoms with Crippen LogP contribution < -0.4 is 0 Å². The third kappa shape index (κ3) is 0.533. The van der Waals surface area contributed by atoms with E-state index < -0.39 is 0 Å². The third-order valence-electron chi connectivity index (χ3n) is 1.87. The monoisotopic (exact) mass is 134 g/mol. The lowest BCUT2D eigenvalue weighted by Crippen LogP contribution is -1.95. The summed E-state index contributed by atoms with van der Waals surface area (Å²) in [6.07, 6.45) is 4.30. The normalized spacial score (nSPS) is 22.8. The number of hydrogen-bond acceptors (Lipinski definition) is 2. The van der Waals surface area contributed by atoms with Gasteiger partial charge in [0.25, 0.3) is 0 Å². The molecule has 0 saturated heterocycles. The fourth-order valence-electron chi connectivity index (χ4n) is 1.36. The summed E-state index contributed by atoms with van der Waals surface area (Å²) in [5.41, 5.74) is 1.31. The predicted molar refractivity (Wildman–Crippen MR) is 35.4 cm³/mol. The van der Waals surface area contributed by atoms with E-state index in [2.05, 4.69) is 0 Å². The van der Waals surface area contributed by atoms with Gasteiger partial charge in [-0.1, -0.05) is 12.2 Å². The average molecular weight is 134 g/mol. The van der Waals surface area contributed by atoms with Gasteiger partial charge in [-0.3, -0.25) is 9.59 Å². The number of carbonyl (C=O) groups is 2. The van der Waals surface area contributed by atoms with E-state index in [1.54, 1.807) is 12.2 Å².